The van der Waals surface area contributed by atoms with E-state index in [1.807, 2.05) is 12.2 Å². The van der Waals surface area contributed by atoms with E-state index in [0.717, 1.165) is 57.8 Å². The van der Waals surface area contributed by atoms with Gasteiger partial charge in [-0.25, -0.2) is 4.57 Å². The van der Waals surface area contributed by atoms with E-state index in [1.54, 1.807) is 6.08 Å². The highest BCUT2D eigenvalue weighted by Gasteiger charge is 2.26. The zero-order chi connectivity index (χ0) is 38.2. The minimum atomic E-state index is -4.55. The third kappa shape index (κ3) is 37.4. The Morgan fingerprint density at radius 2 is 1.10 bits per heavy atom. The summed E-state index contributed by atoms with van der Waals surface area (Å²) in [6.45, 7) is 3.18. The predicted molar refractivity (Wildman–Crippen MR) is 214 cm³/mol. The molecule has 0 spiro atoms. The quantitative estimate of drug-likeness (QED) is 0.0248. The molecule has 0 aromatic rings. The molecule has 0 aromatic heterocycles. The SMILES string of the molecule is CC/C=C\C/C=C\C/C=C\C/C=C\C/C=C\CC(=O)OC(COCCCCCCCC/C=C\C/C=C\CCCCC)COP(=O)(O)OCC(O)CO. The van der Waals surface area contributed by atoms with Crippen molar-refractivity contribution in [3.05, 3.63) is 85.1 Å². The predicted octanol–water partition coefficient (Wildman–Crippen LogP) is 10.4. The van der Waals surface area contributed by atoms with Crippen molar-refractivity contribution in [3.8, 4) is 0 Å². The number of carbonyl (C=O) groups excluding carboxylic acids is 1. The maximum atomic E-state index is 12.5. The Hall–Kier alpha value is -2.36. The maximum absolute atomic E-state index is 12.5. The number of hydrogen-bond acceptors (Lipinski definition) is 8. The summed E-state index contributed by atoms with van der Waals surface area (Å²) in [6, 6.07) is 0. The van der Waals surface area contributed by atoms with Crippen molar-refractivity contribution in [3.63, 3.8) is 0 Å². The van der Waals surface area contributed by atoms with Gasteiger partial charge in [0.15, 0.2) is 0 Å². The van der Waals surface area contributed by atoms with Crippen LogP contribution in [-0.4, -0.2) is 66.3 Å². The second-order valence-electron chi connectivity index (χ2n) is 12.6. The van der Waals surface area contributed by atoms with Crippen molar-refractivity contribution < 1.29 is 43.0 Å². The number of hydrogen-bond donors (Lipinski definition) is 3. The number of aliphatic hydroxyl groups is 2. The Kier molecular flexibility index (Phi) is 36.6. The number of allylic oxidation sites excluding steroid dienone is 13. The topological polar surface area (TPSA) is 132 Å². The summed E-state index contributed by atoms with van der Waals surface area (Å²) < 4.78 is 33.1. The normalized spacial score (nSPS) is 15.1. The van der Waals surface area contributed by atoms with Gasteiger partial charge >= 0.3 is 13.8 Å². The molecule has 0 aromatic carbocycles. The zero-order valence-corrected chi connectivity index (χ0v) is 33.1. The third-order valence-electron chi connectivity index (χ3n) is 7.60. The van der Waals surface area contributed by atoms with E-state index >= 15 is 0 Å². The molecular formula is C42H71O9P. The number of phosphoric ester groups is 1. The average Bonchev–Trinajstić information content (AvgIpc) is 3.13. The number of rotatable bonds is 36. The van der Waals surface area contributed by atoms with Crippen LogP contribution in [0.4, 0.5) is 0 Å². The summed E-state index contributed by atoms with van der Waals surface area (Å²) >= 11 is 0. The molecule has 3 unspecified atom stereocenters. The second kappa shape index (κ2) is 38.4. The summed E-state index contributed by atoms with van der Waals surface area (Å²) in [7, 11) is -4.55. The van der Waals surface area contributed by atoms with Crippen molar-refractivity contribution in [2.24, 2.45) is 0 Å². The number of unbranched alkanes of at least 4 members (excludes halogenated alkanes) is 9. The molecule has 298 valence electrons. The Labute approximate surface area is 315 Å². The van der Waals surface area contributed by atoms with Crippen LogP contribution in [0.1, 0.15) is 129 Å². The molecule has 0 bridgehead atoms. The Balaban J connectivity index is 4.40. The first-order valence-corrected chi connectivity index (χ1v) is 21.1. The molecule has 0 aliphatic heterocycles. The molecule has 0 fully saturated rings. The van der Waals surface area contributed by atoms with Crippen LogP contribution < -0.4 is 0 Å². The van der Waals surface area contributed by atoms with Gasteiger partial charge in [0.25, 0.3) is 0 Å². The van der Waals surface area contributed by atoms with Gasteiger partial charge in [-0.05, 0) is 70.6 Å². The fourth-order valence-corrected chi connectivity index (χ4v) is 5.42. The lowest BCUT2D eigenvalue weighted by atomic mass is 10.1. The van der Waals surface area contributed by atoms with Gasteiger partial charge in [0.2, 0.25) is 0 Å². The highest BCUT2D eigenvalue weighted by Crippen LogP contribution is 2.43. The first-order chi connectivity index (χ1) is 25.3. The van der Waals surface area contributed by atoms with Crippen LogP contribution >= 0.6 is 7.82 Å². The van der Waals surface area contributed by atoms with Crippen LogP contribution in [-0.2, 0) is 27.9 Å². The van der Waals surface area contributed by atoms with Gasteiger partial charge in [0, 0.05) is 6.61 Å². The number of aliphatic hydroxyl groups excluding tert-OH is 2. The van der Waals surface area contributed by atoms with E-state index in [9.17, 15) is 19.4 Å². The van der Waals surface area contributed by atoms with Crippen LogP contribution in [0.2, 0.25) is 0 Å². The summed E-state index contributed by atoms with van der Waals surface area (Å²) in [5.74, 6) is -0.517. The fourth-order valence-electron chi connectivity index (χ4n) is 4.64. The van der Waals surface area contributed by atoms with Gasteiger partial charge in [-0.15, -0.1) is 0 Å². The Morgan fingerprint density at radius 1 is 0.615 bits per heavy atom. The van der Waals surface area contributed by atoms with Gasteiger partial charge < -0.3 is 24.6 Å². The monoisotopic (exact) mass is 750 g/mol. The van der Waals surface area contributed by atoms with Gasteiger partial charge in [0.1, 0.15) is 12.2 Å². The highest BCUT2D eigenvalue weighted by molar-refractivity contribution is 7.47. The Morgan fingerprint density at radius 3 is 1.65 bits per heavy atom. The zero-order valence-electron chi connectivity index (χ0n) is 32.2. The molecule has 10 heteroatoms. The lowest BCUT2D eigenvalue weighted by Crippen LogP contribution is -2.28. The van der Waals surface area contributed by atoms with Crippen molar-refractivity contribution in [1.29, 1.82) is 0 Å². The highest BCUT2D eigenvalue weighted by atomic mass is 31.2. The van der Waals surface area contributed by atoms with Crippen molar-refractivity contribution in [1.82, 2.24) is 0 Å². The van der Waals surface area contributed by atoms with E-state index < -0.39 is 45.8 Å². The summed E-state index contributed by atoms with van der Waals surface area (Å²) in [4.78, 5) is 22.4. The molecular weight excluding hydrogens is 679 g/mol. The summed E-state index contributed by atoms with van der Waals surface area (Å²) in [6.07, 6.45) is 45.7. The smallest absolute Gasteiger partial charge is 0.457 e. The standard InChI is InChI=1S/C42H71O9P/c1-3-5-7-9-11-13-15-17-19-21-23-25-27-29-31-33-35-48-38-41(39-50-52(46,47)49-37-40(44)36-43)51-42(45)34-32-30-28-26-24-22-20-18-16-14-12-10-8-6-4-2/h6,8,11-14,17-20,24,26,30,32,40-41,43-44H,3-5,7,9-10,15-16,21-23,25,27-29,31,33-39H2,1-2H3,(H,46,47)/b8-6-,13-11-,14-12-,19-17-,20-18-,26-24-,32-30-. The van der Waals surface area contributed by atoms with Gasteiger partial charge in [-0.2, -0.15) is 0 Å². The molecule has 0 saturated heterocycles. The van der Waals surface area contributed by atoms with Crippen molar-refractivity contribution >= 4 is 13.8 Å². The number of ether oxygens (including phenoxy) is 2. The van der Waals surface area contributed by atoms with Crippen LogP contribution in [0.5, 0.6) is 0 Å². The summed E-state index contributed by atoms with van der Waals surface area (Å²) in [5.41, 5.74) is 0. The van der Waals surface area contributed by atoms with E-state index in [1.165, 1.54) is 44.9 Å². The van der Waals surface area contributed by atoms with Crippen molar-refractivity contribution in [2.45, 2.75) is 142 Å². The lowest BCUT2D eigenvalue weighted by molar-refractivity contribution is -0.153. The molecule has 52 heavy (non-hydrogen) atoms. The average molecular weight is 751 g/mol. The molecule has 3 atom stereocenters. The molecule has 0 aliphatic rings. The second-order valence-corrected chi connectivity index (χ2v) is 14.0. The maximum Gasteiger partial charge on any atom is 0.472 e. The minimum Gasteiger partial charge on any atom is -0.457 e. The molecule has 0 saturated carbocycles. The lowest BCUT2D eigenvalue weighted by Gasteiger charge is -2.20. The minimum absolute atomic E-state index is 0.00304. The first kappa shape index (κ1) is 49.6. The number of carbonyl (C=O) groups is 1. The van der Waals surface area contributed by atoms with E-state index in [0.29, 0.717) is 13.0 Å². The van der Waals surface area contributed by atoms with E-state index in [2.05, 4.69) is 80.7 Å². The number of esters is 1. The van der Waals surface area contributed by atoms with Crippen LogP contribution in [0.15, 0.2) is 85.1 Å². The molecule has 3 N–H and O–H groups in total. The molecule has 0 amide bonds. The molecule has 9 nitrogen and oxygen atoms in total. The largest absolute Gasteiger partial charge is 0.472 e. The van der Waals surface area contributed by atoms with Gasteiger partial charge in [-0.1, -0.05) is 137 Å². The number of phosphoric acid groups is 1. The summed E-state index contributed by atoms with van der Waals surface area (Å²) in [5, 5.41) is 18.3. The third-order valence-corrected chi connectivity index (χ3v) is 8.55. The van der Waals surface area contributed by atoms with Crippen LogP contribution in [0, 0.1) is 0 Å². The van der Waals surface area contributed by atoms with Crippen molar-refractivity contribution in [2.75, 3.05) is 33.0 Å². The van der Waals surface area contributed by atoms with E-state index in [-0.39, 0.29) is 13.0 Å². The first-order valence-electron chi connectivity index (χ1n) is 19.6. The Bertz CT molecular complexity index is 1080. The fraction of sp³-hybridized carbons (Fsp3) is 0.643. The van der Waals surface area contributed by atoms with Crippen LogP contribution in [0.3, 0.4) is 0 Å². The molecule has 0 rings (SSSR count). The molecule has 0 aliphatic carbocycles. The van der Waals surface area contributed by atoms with E-state index in [4.69, 9.17) is 23.6 Å². The van der Waals surface area contributed by atoms with Gasteiger partial charge in [-0.3, -0.25) is 13.8 Å². The molecule has 0 heterocycles. The van der Waals surface area contributed by atoms with Crippen LogP contribution in [0.25, 0.3) is 0 Å². The molecule has 0 radical (unpaired) electrons. The van der Waals surface area contributed by atoms with Gasteiger partial charge in [0.05, 0.1) is 32.8 Å².